The van der Waals surface area contributed by atoms with Crippen molar-refractivity contribution >= 4 is 0 Å². The molecule has 1 heterocycles. The van der Waals surface area contributed by atoms with Crippen LogP contribution < -0.4 is 0 Å². The number of epoxide rings is 1. The van der Waals surface area contributed by atoms with Crippen LogP contribution in [0.3, 0.4) is 0 Å². The lowest BCUT2D eigenvalue weighted by Gasteiger charge is -2.05. The molecule has 0 aliphatic carbocycles. The molecule has 48 valence electrons. The largest absolute Gasteiger partial charge is 0.393 e. The number of hydrogen-bond acceptors (Lipinski definition) is 2. The number of aliphatic hydroxyl groups is 1. The van der Waals surface area contributed by atoms with Crippen molar-refractivity contribution in [2.75, 3.05) is 6.61 Å². The van der Waals surface area contributed by atoms with E-state index in [1.807, 2.05) is 6.92 Å². The standard InChI is InChI=1S/C6H12O2/c1-5(7)3-6(2)4-8-6/h5,7H,3-4H2,1-2H3/t5-,6+/m0/s1. The Hall–Kier alpha value is -0.0800. The van der Waals surface area contributed by atoms with Crippen LogP contribution in [0.25, 0.3) is 0 Å². The molecule has 1 aliphatic rings. The predicted octanol–water partition coefficient (Wildman–Crippen LogP) is 0.546. The van der Waals surface area contributed by atoms with Crippen LogP contribution in [0.2, 0.25) is 0 Å². The quantitative estimate of drug-likeness (QED) is 0.534. The van der Waals surface area contributed by atoms with E-state index in [4.69, 9.17) is 9.84 Å². The highest BCUT2D eigenvalue weighted by molar-refractivity contribution is 4.87. The van der Waals surface area contributed by atoms with Crippen LogP contribution in [0.15, 0.2) is 0 Å². The van der Waals surface area contributed by atoms with Gasteiger partial charge in [0, 0.05) is 6.42 Å². The van der Waals surface area contributed by atoms with Crippen molar-refractivity contribution < 1.29 is 9.84 Å². The molecule has 1 fully saturated rings. The first-order valence-corrected chi connectivity index (χ1v) is 2.94. The smallest absolute Gasteiger partial charge is 0.0913 e. The van der Waals surface area contributed by atoms with Crippen molar-refractivity contribution in [1.82, 2.24) is 0 Å². The Kier molecular flexibility index (Phi) is 1.29. The molecule has 1 aliphatic heterocycles. The highest BCUT2D eigenvalue weighted by Gasteiger charge is 2.39. The van der Waals surface area contributed by atoms with Gasteiger partial charge in [0.25, 0.3) is 0 Å². The molecule has 1 N–H and O–H groups in total. The summed E-state index contributed by atoms with van der Waals surface area (Å²) in [5, 5.41) is 8.85. The van der Waals surface area contributed by atoms with Crippen LogP contribution in [0.5, 0.6) is 0 Å². The minimum absolute atomic E-state index is 0.0220. The maximum absolute atomic E-state index is 8.85. The van der Waals surface area contributed by atoms with E-state index in [1.165, 1.54) is 0 Å². The molecule has 0 bridgehead atoms. The van der Waals surface area contributed by atoms with Crippen LogP contribution in [0.4, 0.5) is 0 Å². The lowest BCUT2D eigenvalue weighted by molar-refractivity contribution is 0.146. The first kappa shape index (κ1) is 6.05. The molecule has 2 heteroatoms. The molecule has 1 saturated heterocycles. The zero-order valence-corrected chi connectivity index (χ0v) is 5.35. The van der Waals surface area contributed by atoms with Crippen molar-refractivity contribution in [3.63, 3.8) is 0 Å². The fourth-order valence-electron chi connectivity index (χ4n) is 0.866. The van der Waals surface area contributed by atoms with Gasteiger partial charge in [-0.3, -0.25) is 0 Å². The topological polar surface area (TPSA) is 32.8 Å². The number of rotatable bonds is 2. The SMILES string of the molecule is C[C@H](O)C[C@]1(C)CO1. The summed E-state index contributed by atoms with van der Waals surface area (Å²) in [4.78, 5) is 0. The molecule has 1 rings (SSSR count). The highest BCUT2D eigenvalue weighted by atomic mass is 16.6. The maximum atomic E-state index is 8.85. The molecule has 0 aromatic rings. The number of aliphatic hydroxyl groups excluding tert-OH is 1. The average Bonchev–Trinajstić information content (AvgIpc) is 2.17. The van der Waals surface area contributed by atoms with Crippen molar-refractivity contribution in [3.05, 3.63) is 0 Å². The Balaban J connectivity index is 2.19. The summed E-state index contributed by atoms with van der Waals surface area (Å²) in [6.07, 6.45) is 0.551. The number of hydrogen-bond donors (Lipinski definition) is 1. The van der Waals surface area contributed by atoms with E-state index in [2.05, 4.69) is 0 Å². The molecular formula is C6H12O2. The van der Waals surface area contributed by atoms with Gasteiger partial charge in [-0.1, -0.05) is 0 Å². The van der Waals surface area contributed by atoms with Gasteiger partial charge in [-0.05, 0) is 13.8 Å². The molecule has 0 amide bonds. The van der Waals surface area contributed by atoms with E-state index in [0.717, 1.165) is 13.0 Å². The second kappa shape index (κ2) is 1.71. The Labute approximate surface area is 49.5 Å². The normalized spacial score (nSPS) is 39.4. The third-order valence-electron chi connectivity index (χ3n) is 1.36. The van der Waals surface area contributed by atoms with E-state index in [9.17, 15) is 0 Å². The van der Waals surface area contributed by atoms with Gasteiger partial charge in [0.15, 0.2) is 0 Å². The van der Waals surface area contributed by atoms with Gasteiger partial charge in [0.2, 0.25) is 0 Å². The molecule has 2 atom stereocenters. The Morgan fingerprint density at radius 2 is 2.38 bits per heavy atom. The Morgan fingerprint density at radius 3 is 2.50 bits per heavy atom. The molecule has 0 aromatic heterocycles. The summed E-state index contributed by atoms with van der Waals surface area (Å²) < 4.78 is 5.05. The molecule has 8 heavy (non-hydrogen) atoms. The Morgan fingerprint density at radius 1 is 1.88 bits per heavy atom. The van der Waals surface area contributed by atoms with E-state index in [0.29, 0.717) is 0 Å². The molecule has 0 aromatic carbocycles. The summed E-state index contributed by atoms with van der Waals surface area (Å²) in [7, 11) is 0. The van der Waals surface area contributed by atoms with Crippen molar-refractivity contribution in [2.24, 2.45) is 0 Å². The monoisotopic (exact) mass is 116 g/mol. The molecule has 0 spiro atoms. The van der Waals surface area contributed by atoms with Gasteiger partial charge in [-0.2, -0.15) is 0 Å². The van der Waals surface area contributed by atoms with Crippen molar-refractivity contribution in [3.8, 4) is 0 Å². The summed E-state index contributed by atoms with van der Waals surface area (Å²) in [5.74, 6) is 0. The summed E-state index contributed by atoms with van der Waals surface area (Å²) >= 11 is 0. The molecule has 2 nitrogen and oxygen atoms in total. The predicted molar refractivity (Wildman–Crippen MR) is 30.7 cm³/mol. The van der Waals surface area contributed by atoms with Crippen LogP contribution in [0.1, 0.15) is 20.3 Å². The first-order valence-electron chi connectivity index (χ1n) is 2.94. The van der Waals surface area contributed by atoms with E-state index < -0.39 is 0 Å². The van der Waals surface area contributed by atoms with Gasteiger partial charge >= 0.3 is 0 Å². The third-order valence-corrected chi connectivity index (χ3v) is 1.36. The van der Waals surface area contributed by atoms with Gasteiger partial charge in [0.05, 0.1) is 18.3 Å². The zero-order valence-electron chi connectivity index (χ0n) is 5.35. The lowest BCUT2D eigenvalue weighted by atomic mass is 10.1. The van der Waals surface area contributed by atoms with Crippen LogP contribution in [-0.2, 0) is 4.74 Å². The van der Waals surface area contributed by atoms with Gasteiger partial charge in [-0.25, -0.2) is 0 Å². The van der Waals surface area contributed by atoms with Crippen molar-refractivity contribution in [1.29, 1.82) is 0 Å². The van der Waals surface area contributed by atoms with Gasteiger partial charge < -0.3 is 9.84 Å². The maximum Gasteiger partial charge on any atom is 0.0913 e. The van der Waals surface area contributed by atoms with E-state index >= 15 is 0 Å². The lowest BCUT2D eigenvalue weighted by Crippen LogP contribution is -2.13. The van der Waals surface area contributed by atoms with Crippen molar-refractivity contribution in [2.45, 2.75) is 32.0 Å². The molecule has 0 radical (unpaired) electrons. The molecule has 0 unspecified atom stereocenters. The fourth-order valence-corrected chi connectivity index (χ4v) is 0.866. The van der Waals surface area contributed by atoms with E-state index in [1.54, 1.807) is 6.92 Å². The van der Waals surface area contributed by atoms with Gasteiger partial charge in [0.1, 0.15) is 0 Å². The first-order chi connectivity index (χ1) is 3.62. The number of ether oxygens (including phenoxy) is 1. The highest BCUT2D eigenvalue weighted by Crippen LogP contribution is 2.30. The summed E-state index contributed by atoms with van der Waals surface area (Å²) in [6.45, 7) is 4.62. The summed E-state index contributed by atoms with van der Waals surface area (Å²) in [6, 6.07) is 0. The molecular weight excluding hydrogens is 104 g/mol. The minimum Gasteiger partial charge on any atom is -0.393 e. The van der Waals surface area contributed by atoms with E-state index in [-0.39, 0.29) is 11.7 Å². The fraction of sp³-hybridized carbons (Fsp3) is 1.00. The minimum atomic E-state index is -0.220. The third kappa shape index (κ3) is 1.46. The second-order valence-corrected chi connectivity index (χ2v) is 2.79. The zero-order chi connectivity index (χ0) is 6.20. The van der Waals surface area contributed by atoms with Crippen LogP contribution in [-0.4, -0.2) is 23.4 Å². The second-order valence-electron chi connectivity index (χ2n) is 2.79. The van der Waals surface area contributed by atoms with Crippen LogP contribution >= 0.6 is 0 Å². The van der Waals surface area contributed by atoms with Crippen LogP contribution in [0, 0.1) is 0 Å². The Bertz CT molecular complexity index is 84.5. The molecule has 0 saturated carbocycles. The summed E-state index contributed by atoms with van der Waals surface area (Å²) in [5.41, 5.74) is 0.0220. The average molecular weight is 116 g/mol. The van der Waals surface area contributed by atoms with Gasteiger partial charge in [-0.15, -0.1) is 0 Å².